The maximum Gasteiger partial charge on any atom is 0.335 e. The lowest BCUT2D eigenvalue weighted by Crippen LogP contribution is -2.19. The maximum absolute atomic E-state index is 12.2. The number of ether oxygens (including phenoxy) is 2. The third-order valence-corrected chi connectivity index (χ3v) is 4.68. The van der Waals surface area contributed by atoms with Crippen LogP contribution in [0.4, 0.5) is 5.69 Å². The first-order chi connectivity index (χ1) is 13.4. The van der Waals surface area contributed by atoms with Crippen LogP contribution in [0.5, 0.6) is 17.2 Å². The number of carboxylic acid groups (broad SMARTS) is 1. The van der Waals surface area contributed by atoms with Crippen LogP contribution >= 0.6 is 11.8 Å². The summed E-state index contributed by atoms with van der Waals surface area (Å²) in [6, 6.07) is 9.25. The molecule has 1 fully saturated rings. The number of nitrogens with zero attached hydrogens (tertiary/aromatic N) is 1. The number of rotatable bonds is 5. The van der Waals surface area contributed by atoms with Crippen molar-refractivity contribution >= 4 is 40.6 Å². The topological polar surface area (TPSA) is 117 Å². The van der Waals surface area contributed by atoms with Crippen molar-refractivity contribution in [3.8, 4) is 17.2 Å². The Bertz CT molecular complexity index is 990. The van der Waals surface area contributed by atoms with Gasteiger partial charge >= 0.3 is 5.97 Å². The lowest BCUT2D eigenvalue weighted by molar-refractivity contribution is -0.115. The second kappa shape index (κ2) is 8.05. The van der Waals surface area contributed by atoms with Gasteiger partial charge in [0, 0.05) is 0 Å². The van der Waals surface area contributed by atoms with Crippen molar-refractivity contribution in [2.45, 2.75) is 0 Å². The number of hydrogen-bond donors (Lipinski definition) is 3. The molecular formula is C19H16N2O6S. The van der Waals surface area contributed by atoms with Gasteiger partial charge in [0.2, 0.25) is 5.75 Å². The van der Waals surface area contributed by atoms with Crippen molar-refractivity contribution in [2.24, 2.45) is 4.99 Å². The molecule has 0 aliphatic carbocycles. The van der Waals surface area contributed by atoms with Gasteiger partial charge in [-0.1, -0.05) is 6.07 Å². The molecule has 3 N–H and O–H groups in total. The second-order valence-corrected chi connectivity index (χ2v) is 6.64. The predicted molar refractivity (Wildman–Crippen MR) is 105 cm³/mol. The van der Waals surface area contributed by atoms with E-state index in [1.54, 1.807) is 30.3 Å². The van der Waals surface area contributed by atoms with E-state index in [9.17, 15) is 14.7 Å². The number of nitrogens with one attached hydrogen (secondary N) is 1. The minimum absolute atomic E-state index is 0.107. The van der Waals surface area contributed by atoms with Gasteiger partial charge in [-0.05, 0) is 53.7 Å². The lowest BCUT2D eigenvalue weighted by Gasteiger charge is -2.09. The first-order valence-corrected chi connectivity index (χ1v) is 8.81. The summed E-state index contributed by atoms with van der Waals surface area (Å²) in [5.41, 5.74) is 1.12. The molecule has 2 aromatic rings. The molecule has 1 saturated heterocycles. The van der Waals surface area contributed by atoms with Crippen LogP contribution in [0.2, 0.25) is 0 Å². The average Bonchev–Trinajstić information content (AvgIpc) is 3.01. The van der Waals surface area contributed by atoms with Gasteiger partial charge in [-0.15, -0.1) is 0 Å². The molecule has 0 aromatic heterocycles. The minimum atomic E-state index is -1.05. The summed E-state index contributed by atoms with van der Waals surface area (Å²) in [7, 11) is 2.83. The number of carbonyl (C=O) groups is 2. The molecule has 8 nitrogen and oxygen atoms in total. The summed E-state index contributed by atoms with van der Waals surface area (Å²) in [6.07, 6.45) is 1.61. The predicted octanol–water partition coefficient (Wildman–Crippen LogP) is 3.00. The maximum atomic E-state index is 12.2. The molecule has 9 heteroatoms. The van der Waals surface area contributed by atoms with Crippen molar-refractivity contribution in [3.05, 3.63) is 52.4 Å². The highest BCUT2D eigenvalue weighted by Gasteiger charge is 2.24. The molecular weight excluding hydrogens is 384 g/mol. The Balaban J connectivity index is 1.89. The Hall–Kier alpha value is -3.46. The highest BCUT2D eigenvalue weighted by Crippen LogP contribution is 2.38. The van der Waals surface area contributed by atoms with E-state index in [1.165, 1.54) is 26.4 Å². The van der Waals surface area contributed by atoms with Crippen LogP contribution in [0.15, 0.2) is 46.3 Å². The summed E-state index contributed by atoms with van der Waals surface area (Å²) < 4.78 is 10.2. The molecule has 1 aliphatic heterocycles. The normalized spacial score (nSPS) is 16.3. The largest absolute Gasteiger partial charge is 0.502 e. The van der Waals surface area contributed by atoms with Crippen molar-refractivity contribution in [1.82, 2.24) is 5.32 Å². The standard InChI is InChI=1S/C19H16N2O6S/c1-26-13-6-10(7-14(27-2)16(13)22)8-15-17(23)21-19(28-15)20-12-5-3-4-11(9-12)18(24)25/h3-9,22H,1-2H3,(H,24,25)(H,20,21,23)/b15-8-. The molecule has 0 bridgehead atoms. The van der Waals surface area contributed by atoms with Gasteiger partial charge in [0.25, 0.3) is 5.91 Å². The fourth-order valence-electron chi connectivity index (χ4n) is 2.45. The summed E-state index contributed by atoms with van der Waals surface area (Å²) in [4.78, 5) is 28.0. The number of aromatic carboxylic acids is 1. The first kappa shape index (κ1) is 19.3. The monoisotopic (exact) mass is 400 g/mol. The molecule has 1 heterocycles. The molecule has 144 valence electrons. The Morgan fingerprint density at radius 1 is 1.18 bits per heavy atom. The van der Waals surface area contributed by atoms with E-state index in [2.05, 4.69) is 10.3 Å². The van der Waals surface area contributed by atoms with E-state index in [1.807, 2.05) is 0 Å². The summed E-state index contributed by atoms with van der Waals surface area (Å²) >= 11 is 1.11. The Morgan fingerprint density at radius 2 is 1.86 bits per heavy atom. The number of amidine groups is 1. The van der Waals surface area contributed by atoms with E-state index < -0.39 is 5.97 Å². The number of phenolic OH excluding ortho intramolecular Hbond substituents is 1. The summed E-state index contributed by atoms with van der Waals surface area (Å²) in [6.45, 7) is 0. The zero-order valence-corrected chi connectivity index (χ0v) is 15.7. The third kappa shape index (κ3) is 4.09. The number of carboxylic acids is 1. The molecule has 3 rings (SSSR count). The van der Waals surface area contributed by atoms with Crippen LogP contribution in [0.3, 0.4) is 0 Å². The number of aliphatic imine (C=N–C) groups is 1. The van der Waals surface area contributed by atoms with Crippen molar-refractivity contribution in [3.63, 3.8) is 0 Å². The summed E-state index contributed by atoms with van der Waals surface area (Å²) in [5.74, 6) is -1.09. The number of aromatic hydroxyl groups is 1. The molecule has 0 spiro atoms. The molecule has 0 radical (unpaired) electrons. The van der Waals surface area contributed by atoms with Crippen molar-refractivity contribution < 1.29 is 29.3 Å². The van der Waals surface area contributed by atoms with E-state index in [-0.39, 0.29) is 28.7 Å². The van der Waals surface area contributed by atoms with E-state index in [4.69, 9.17) is 14.6 Å². The SMILES string of the molecule is COc1cc(/C=C2\SC(=Nc3cccc(C(=O)O)c3)NC2=O)cc(OC)c1O. The second-order valence-electron chi connectivity index (χ2n) is 5.61. The third-order valence-electron chi connectivity index (χ3n) is 3.77. The smallest absolute Gasteiger partial charge is 0.335 e. The number of benzene rings is 2. The zero-order valence-electron chi connectivity index (χ0n) is 14.9. The van der Waals surface area contributed by atoms with Crippen LogP contribution in [0.1, 0.15) is 15.9 Å². The van der Waals surface area contributed by atoms with Gasteiger partial charge in [-0.3, -0.25) is 4.79 Å². The van der Waals surface area contributed by atoms with Gasteiger partial charge < -0.3 is 25.0 Å². The number of carbonyl (C=O) groups excluding carboxylic acids is 1. The van der Waals surface area contributed by atoms with Gasteiger partial charge in [-0.25, -0.2) is 9.79 Å². The highest BCUT2D eigenvalue weighted by molar-refractivity contribution is 8.18. The van der Waals surface area contributed by atoms with Crippen LogP contribution < -0.4 is 14.8 Å². The van der Waals surface area contributed by atoms with E-state index in [0.717, 1.165) is 11.8 Å². The first-order valence-electron chi connectivity index (χ1n) is 7.99. The average molecular weight is 400 g/mol. The molecule has 0 saturated carbocycles. The fourth-order valence-corrected chi connectivity index (χ4v) is 3.30. The quantitative estimate of drug-likeness (QED) is 0.661. The minimum Gasteiger partial charge on any atom is -0.502 e. The summed E-state index contributed by atoms with van der Waals surface area (Å²) in [5, 5.41) is 22.0. The number of hydrogen-bond acceptors (Lipinski definition) is 7. The van der Waals surface area contributed by atoms with Crippen LogP contribution in [-0.4, -0.2) is 41.5 Å². The number of amides is 1. The van der Waals surface area contributed by atoms with Gasteiger partial charge in [0.05, 0.1) is 30.4 Å². The number of phenols is 1. The van der Waals surface area contributed by atoms with Gasteiger partial charge in [0.1, 0.15) is 0 Å². The molecule has 28 heavy (non-hydrogen) atoms. The molecule has 1 aliphatic rings. The van der Waals surface area contributed by atoms with Crippen LogP contribution in [0.25, 0.3) is 6.08 Å². The Morgan fingerprint density at radius 3 is 2.46 bits per heavy atom. The van der Waals surface area contributed by atoms with Crippen molar-refractivity contribution in [1.29, 1.82) is 0 Å². The fraction of sp³-hybridized carbons (Fsp3) is 0.105. The van der Waals surface area contributed by atoms with E-state index >= 15 is 0 Å². The van der Waals surface area contributed by atoms with Gasteiger partial charge in [-0.2, -0.15) is 0 Å². The van der Waals surface area contributed by atoms with Crippen LogP contribution in [0, 0.1) is 0 Å². The lowest BCUT2D eigenvalue weighted by atomic mass is 10.1. The highest BCUT2D eigenvalue weighted by atomic mass is 32.2. The van der Waals surface area contributed by atoms with Crippen molar-refractivity contribution in [2.75, 3.05) is 14.2 Å². The Labute approximate surface area is 164 Å². The molecule has 0 unspecified atom stereocenters. The zero-order chi connectivity index (χ0) is 20.3. The van der Waals surface area contributed by atoms with Crippen LogP contribution in [-0.2, 0) is 4.79 Å². The Kier molecular flexibility index (Phi) is 5.55. The van der Waals surface area contributed by atoms with Gasteiger partial charge in [0.15, 0.2) is 16.7 Å². The number of thioether (sulfide) groups is 1. The molecule has 2 aromatic carbocycles. The molecule has 0 atom stereocenters. The van der Waals surface area contributed by atoms with E-state index in [0.29, 0.717) is 21.3 Å². The molecule has 1 amide bonds. The number of methoxy groups -OCH3 is 2.